The zero-order chi connectivity index (χ0) is 15.8. The molecule has 5 heteroatoms. The lowest BCUT2D eigenvalue weighted by molar-refractivity contribution is -0.150. The van der Waals surface area contributed by atoms with Gasteiger partial charge in [0.15, 0.2) is 0 Å². The number of hydrogen-bond donors (Lipinski definition) is 0. The van der Waals surface area contributed by atoms with Crippen molar-refractivity contribution in [1.82, 2.24) is 0 Å². The molecule has 1 saturated heterocycles. The van der Waals surface area contributed by atoms with E-state index in [1.54, 1.807) is 0 Å². The summed E-state index contributed by atoms with van der Waals surface area (Å²) >= 11 is 0. The van der Waals surface area contributed by atoms with Gasteiger partial charge in [0.2, 0.25) is 5.79 Å². The van der Waals surface area contributed by atoms with Gasteiger partial charge in [0.05, 0.1) is 12.3 Å². The Bertz CT molecular complexity index is 396. The van der Waals surface area contributed by atoms with Crippen LogP contribution in [0.3, 0.4) is 0 Å². The van der Waals surface area contributed by atoms with Crippen LogP contribution in [0.25, 0.3) is 0 Å². The van der Waals surface area contributed by atoms with Crippen molar-refractivity contribution >= 4 is 11.7 Å². The highest BCUT2D eigenvalue weighted by Crippen LogP contribution is 2.29. The minimum Gasteiger partial charge on any atom is -0.463 e. The molecule has 5 nitrogen and oxygen atoms in total. The summed E-state index contributed by atoms with van der Waals surface area (Å²) in [5.41, 5.74) is 0.984. The summed E-state index contributed by atoms with van der Waals surface area (Å²) < 4.78 is 17.0. The molecule has 0 saturated carbocycles. The van der Waals surface area contributed by atoms with Crippen LogP contribution in [0, 0.1) is 0 Å². The standard InChI is InChI=1S/C17H29NO4/c1-3-4-5-6-7-10-16(19)20-12-14-13-21-17(2,22-14)15-9-8-11-18-15/h14H,3-13H2,1-2H3. The molecule has 0 aromatic rings. The lowest BCUT2D eigenvalue weighted by Gasteiger charge is -2.23. The minimum absolute atomic E-state index is 0.132. The molecule has 0 N–H and O–H groups in total. The number of esters is 1. The van der Waals surface area contributed by atoms with E-state index in [0.29, 0.717) is 13.0 Å². The zero-order valence-corrected chi connectivity index (χ0v) is 13.9. The van der Waals surface area contributed by atoms with Crippen LogP contribution in [0.5, 0.6) is 0 Å². The fourth-order valence-electron chi connectivity index (χ4n) is 2.91. The number of aliphatic imine (C=N–C) groups is 1. The highest BCUT2D eigenvalue weighted by Gasteiger charge is 2.42. The molecule has 2 aliphatic rings. The Kier molecular flexibility index (Phi) is 6.83. The fraction of sp³-hybridized carbons (Fsp3) is 0.882. The van der Waals surface area contributed by atoms with Crippen LogP contribution in [0.4, 0.5) is 0 Å². The fourth-order valence-corrected chi connectivity index (χ4v) is 2.91. The molecule has 2 unspecified atom stereocenters. The van der Waals surface area contributed by atoms with Gasteiger partial charge in [-0.25, -0.2) is 0 Å². The first-order valence-corrected chi connectivity index (χ1v) is 8.65. The Morgan fingerprint density at radius 2 is 2.18 bits per heavy atom. The van der Waals surface area contributed by atoms with Gasteiger partial charge in [-0.2, -0.15) is 0 Å². The molecule has 0 aliphatic carbocycles. The lowest BCUT2D eigenvalue weighted by Crippen LogP contribution is -2.36. The van der Waals surface area contributed by atoms with E-state index in [2.05, 4.69) is 11.9 Å². The summed E-state index contributed by atoms with van der Waals surface area (Å²) in [4.78, 5) is 16.2. The minimum atomic E-state index is -0.715. The number of hydrogen-bond acceptors (Lipinski definition) is 5. The van der Waals surface area contributed by atoms with Crippen molar-refractivity contribution in [2.24, 2.45) is 4.99 Å². The first-order valence-electron chi connectivity index (χ1n) is 8.65. The van der Waals surface area contributed by atoms with E-state index in [1.165, 1.54) is 19.3 Å². The van der Waals surface area contributed by atoms with Gasteiger partial charge in [-0.05, 0) is 26.2 Å². The van der Waals surface area contributed by atoms with Gasteiger partial charge in [0.1, 0.15) is 12.7 Å². The summed E-state index contributed by atoms with van der Waals surface area (Å²) in [6.07, 6.45) is 7.98. The van der Waals surface area contributed by atoms with Crippen LogP contribution < -0.4 is 0 Å². The molecule has 0 aromatic carbocycles. The number of carbonyl (C=O) groups excluding carboxylic acids is 1. The average molecular weight is 311 g/mol. The first kappa shape index (κ1) is 17.4. The SMILES string of the molecule is CCCCCCCC(=O)OCC1COC(C)(C2=NCCC2)O1. The van der Waals surface area contributed by atoms with Crippen LogP contribution in [-0.4, -0.2) is 43.3 Å². The molecule has 2 heterocycles. The normalized spacial score (nSPS) is 27.9. The third kappa shape index (κ3) is 5.06. The molecule has 2 rings (SSSR count). The van der Waals surface area contributed by atoms with Crippen LogP contribution in [0.2, 0.25) is 0 Å². The lowest BCUT2D eigenvalue weighted by atomic mass is 10.1. The quantitative estimate of drug-likeness (QED) is 0.484. The monoisotopic (exact) mass is 311 g/mol. The second-order valence-electron chi connectivity index (χ2n) is 6.28. The van der Waals surface area contributed by atoms with Crippen LogP contribution in [-0.2, 0) is 19.0 Å². The Balaban J connectivity index is 1.60. The maximum atomic E-state index is 11.7. The maximum absolute atomic E-state index is 11.7. The molecule has 126 valence electrons. The van der Waals surface area contributed by atoms with Crippen molar-refractivity contribution in [3.8, 4) is 0 Å². The summed E-state index contributed by atoms with van der Waals surface area (Å²) in [5.74, 6) is -0.847. The number of nitrogens with zero attached hydrogens (tertiary/aromatic N) is 1. The van der Waals surface area contributed by atoms with Gasteiger partial charge >= 0.3 is 5.97 Å². The van der Waals surface area contributed by atoms with Gasteiger partial charge in [-0.15, -0.1) is 0 Å². The molecule has 0 radical (unpaired) electrons. The van der Waals surface area contributed by atoms with Gasteiger partial charge in [0.25, 0.3) is 0 Å². The molecular formula is C17H29NO4. The van der Waals surface area contributed by atoms with Crippen LogP contribution >= 0.6 is 0 Å². The van der Waals surface area contributed by atoms with Gasteiger partial charge < -0.3 is 14.2 Å². The Morgan fingerprint density at radius 3 is 2.91 bits per heavy atom. The number of carbonyl (C=O) groups is 1. The molecule has 0 spiro atoms. The van der Waals surface area contributed by atoms with E-state index in [9.17, 15) is 4.79 Å². The predicted molar refractivity (Wildman–Crippen MR) is 85.1 cm³/mol. The van der Waals surface area contributed by atoms with Crippen molar-refractivity contribution in [1.29, 1.82) is 0 Å². The average Bonchev–Trinajstić information content (AvgIpc) is 3.15. The van der Waals surface area contributed by atoms with E-state index in [1.807, 2.05) is 6.92 Å². The topological polar surface area (TPSA) is 57.1 Å². The van der Waals surface area contributed by atoms with E-state index in [0.717, 1.165) is 37.9 Å². The number of unbranched alkanes of at least 4 members (excludes halogenated alkanes) is 4. The van der Waals surface area contributed by atoms with Gasteiger partial charge in [-0.3, -0.25) is 9.79 Å². The van der Waals surface area contributed by atoms with E-state index < -0.39 is 5.79 Å². The number of rotatable bonds is 9. The molecule has 22 heavy (non-hydrogen) atoms. The van der Waals surface area contributed by atoms with E-state index in [-0.39, 0.29) is 18.7 Å². The summed E-state index contributed by atoms with van der Waals surface area (Å²) in [6.45, 7) is 5.68. The Labute approximate surface area is 133 Å². The third-order valence-electron chi connectivity index (χ3n) is 4.25. The molecule has 1 fully saturated rings. The van der Waals surface area contributed by atoms with Crippen molar-refractivity contribution in [2.75, 3.05) is 19.8 Å². The molecule has 2 atom stereocenters. The molecule has 0 aromatic heterocycles. The van der Waals surface area contributed by atoms with Crippen molar-refractivity contribution in [2.45, 2.75) is 77.1 Å². The summed E-state index contributed by atoms with van der Waals surface area (Å²) in [7, 11) is 0. The highest BCUT2D eigenvalue weighted by molar-refractivity contribution is 5.92. The first-order chi connectivity index (χ1) is 10.6. The Morgan fingerprint density at radius 1 is 1.36 bits per heavy atom. The van der Waals surface area contributed by atoms with Crippen molar-refractivity contribution in [3.63, 3.8) is 0 Å². The zero-order valence-electron chi connectivity index (χ0n) is 13.9. The largest absolute Gasteiger partial charge is 0.463 e. The summed E-state index contributed by atoms with van der Waals surface area (Å²) in [5, 5.41) is 0. The van der Waals surface area contributed by atoms with Crippen LogP contribution in [0.15, 0.2) is 4.99 Å². The molecule has 0 amide bonds. The molecule has 0 bridgehead atoms. The van der Waals surface area contributed by atoms with Crippen molar-refractivity contribution in [3.05, 3.63) is 0 Å². The van der Waals surface area contributed by atoms with Crippen LogP contribution in [0.1, 0.15) is 65.2 Å². The third-order valence-corrected chi connectivity index (χ3v) is 4.25. The smallest absolute Gasteiger partial charge is 0.305 e. The van der Waals surface area contributed by atoms with Gasteiger partial charge in [0, 0.05) is 13.0 Å². The van der Waals surface area contributed by atoms with Crippen molar-refractivity contribution < 1.29 is 19.0 Å². The van der Waals surface area contributed by atoms with E-state index in [4.69, 9.17) is 14.2 Å². The molecule has 2 aliphatic heterocycles. The molecular weight excluding hydrogens is 282 g/mol. The summed E-state index contributed by atoms with van der Waals surface area (Å²) in [6, 6.07) is 0. The second kappa shape index (κ2) is 8.63. The maximum Gasteiger partial charge on any atom is 0.305 e. The Hall–Kier alpha value is -0.940. The van der Waals surface area contributed by atoms with Gasteiger partial charge in [-0.1, -0.05) is 32.6 Å². The second-order valence-corrected chi connectivity index (χ2v) is 6.28. The van der Waals surface area contributed by atoms with E-state index >= 15 is 0 Å². The highest BCUT2D eigenvalue weighted by atomic mass is 16.8. The predicted octanol–water partition coefficient (Wildman–Crippen LogP) is 3.26. The number of ether oxygens (including phenoxy) is 3.